The first-order valence-corrected chi connectivity index (χ1v) is 9.84. The van der Waals surface area contributed by atoms with Crippen LogP contribution in [0.15, 0.2) is 10.4 Å². The molecule has 2 N–H and O–H groups in total. The molecule has 0 spiro atoms. The van der Waals surface area contributed by atoms with Gasteiger partial charge in [-0.05, 0) is 32.6 Å². The molecule has 1 atom stereocenters. The van der Waals surface area contributed by atoms with Crippen LogP contribution in [0, 0.1) is 0 Å². The first-order chi connectivity index (χ1) is 11.8. The number of thiazole rings is 1. The van der Waals surface area contributed by atoms with Crippen molar-refractivity contribution in [3.8, 4) is 0 Å². The molecule has 0 amide bonds. The first-order valence-electron chi connectivity index (χ1n) is 8.96. The van der Waals surface area contributed by atoms with E-state index in [2.05, 4.69) is 39.8 Å². The summed E-state index contributed by atoms with van der Waals surface area (Å²) in [6.07, 6.45) is 4.54. The summed E-state index contributed by atoms with van der Waals surface area (Å²) in [5, 5.41) is 9.86. The lowest BCUT2D eigenvalue weighted by atomic mass is 10.2. The molecular formula is C17H31IN4O2S. The van der Waals surface area contributed by atoms with Gasteiger partial charge in [0.25, 0.3) is 0 Å². The van der Waals surface area contributed by atoms with Crippen molar-refractivity contribution in [2.24, 2.45) is 4.99 Å². The Hall–Kier alpha value is -0.450. The lowest BCUT2D eigenvalue weighted by molar-refractivity contribution is 0.0168. The van der Waals surface area contributed by atoms with Gasteiger partial charge in [-0.2, -0.15) is 0 Å². The Balaban J connectivity index is 0.00000312. The monoisotopic (exact) mass is 482 g/mol. The number of hydrogen-bond acceptors (Lipinski definition) is 5. The number of ether oxygens (including phenoxy) is 2. The van der Waals surface area contributed by atoms with Crippen molar-refractivity contribution < 1.29 is 9.47 Å². The van der Waals surface area contributed by atoms with E-state index in [9.17, 15) is 0 Å². The zero-order valence-corrected chi connectivity index (χ0v) is 18.4. The van der Waals surface area contributed by atoms with Gasteiger partial charge in [0.05, 0.1) is 30.0 Å². The summed E-state index contributed by atoms with van der Waals surface area (Å²) in [6.45, 7) is 8.85. The van der Waals surface area contributed by atoms with Crippen molar-refractivity contribution in [2.45, 2.75) is 52.2 Å². The van der Waals surface area contributed by atoms with Crippen LogP contribution in [0.2, 0.25) is 0 Å². The number of halogens is 1. The molecule has 0 aromatic carbocycles. The molecule has 0 radical (unpaired) electrons. The fraction of sp³-hybridized carbons (Fsp3) is 0.765. The average Bonchev–Trinajstić information content (AvgIpc) is 3.27. The maximum Gasteiger partial charge on any atom is 0.191 e. The summed E-state index contributed by atoms with van der Waals surface area (Å²) in [5.74, 6) is 0.836. The van der Waals surface area contributed by atoms with Crippen LogP contribution in [-0.4, -0.2) is 50.0 Å². The maximum atomic E-state index is 5.67. The smallest absolute Gasteiger partial charge is 0.191 e. The van der Waals surface area contributed by atoms with Crippen LogP contribution < -0.4 is 10.6 Å². The largest absolute Gasteiger partial charge is 0.379 e. The Morgan fingerprint density at radius 2 is 2.32 bits per heavy atom. The van der Waals surface area contributed by atoms with Gasteiger partial charge in [0.15, 0.2) is 5.96 Å². The second kappa shape index (κ2) is 13.7. The van der Waals surface area contributed by atoms with E-state index in [4.69, 9.17) is 9.47 Å². The Morgan fingerprint density at radius 1 is 1.44 bits per heavy atom. The molecule has 6 nitrogen and oxygen atoms in total. The molecule has 2 heterocycles. The van der Waals surface area contributed by atoms with E-state index in [1.165, 1.54) is 5.01 Å². The number of rotatable bonds is 10. The molecule has 2 rings (SSSR count). The minimum absolute atomic E-state index is 0. The van der Waals surface area contributed by atoms with Crippen LogP contribution in [0.4, 0.5) is 0 Å². The molecule has 8 heteroatoms. The van der Waals surface area contributed by atoms with Crippen LogP contribution in [0.1, 0.15) is 43.8 Å². The Kier molecular flexibility index (Phi) is 12.4. The third-order valence-electron chi connectivity index (χ3n) is 3.73. The molecule has 1 aliphatic rings. The molecule has 144 valence electrons. The quantitative estimate of drug-likeness (QED) is 0.232. The highest BCUT2D eigenvalue weighted by Crippen LogP contribution is 2.12. The predicted molar refractivity (Wildman–Crippen MR) is 114 cm³/mol. The highest BCUT2D eigenvalue weighted by molar-refractivity contribution is 14.0. The van der Waals surface area contributed by atoms with Crippen LogP contribution in [0.5, 0.6) is 0 Å². The first kappa shape index (κ1) is 22.6. The molecule has 0 bridgehead atoms. The van der Waals surface area contributed by atoms with Gasteiger partial charge < -0.3 is 20.1 Å². The molecular weight excluding hydrogens is 451 g/mol. The summed E-state index contributed by atoms with van der Waals surface area (Å²) in [4.78, 5) is 9.13. The SMILES string of the molecule is CCNC(=NCc1csc(CC)n1)NCCCOCC1CCCO1.I. The number of aliphatic imine (C=N–C) groups is 1. The Bertz CT molecular complexity index is 493. The van der Waals surface area contributed by atoms with Crippen molar-refractivity contribution in [1.29, 1.82) is 0 Å². The highest BCUT2D eigenvalue weighted by Gasteiger charge is 2.14. The standard InChI is InChI=1S/C17H30N4O2S.HI/c1-3-16-21-14(13-24-16)11-20-17(18-4-2)19-8-6-9-22-12-15-7-5-10-23-15;/h13,15H,3-12H2,1-2H3,(H2,18,19,20);1H. The summed E-state index contributed by atoms with van der Waals surface area (Å²) in [5.41, 5.74) is 1.04. The van der Waals surface area contributed by atoms with Gasteiger partial charge >= 0.3 is 0 Å². The molecule has 25 heavy (non-hydrogen) atoms. The summed E-state index contributed by atoms with van der Waals surface area (Å²) >= 11 is 1.70. The number of nitrogens with zero attached hydrogens (tertiary/aromatic N) is 2. The van der Waals surface area contributed by atoms with Crippen LogP contribution in [0.25, 0.3) is 0 Å². The number of guanidine groups is 1. The maximum absolute atomic E-state index is 5.67. The van der Waals surface area contributed by atoms with E-state index in [-0.39, 0.29) is 24.0 Å². The van der Waals surface area contributed by atoms with E-state index in [0.717, 1.165) is 70.2 Å². The molecule has 0 aliphatic carbocycles. The number of aryl methyl sites for hydroxylation is 1. The van der Waals surface area contributed by atoms with Crippen LogP contribution in [0.3, 0.4) is 0 Å². The van der Waals surface area contributed by atoms with Gasteiger partial charge in [-0.1, -0.05) is 6.92 Å². The normalized spacial score (nSPS) is 17.4. The van der Waals surface area contributed by atoms with Crippen molar-refractivity contribution in [3.63, 3.8) is 0 Å². The van der Waals surface area contributed by atoms with Crippen LogP contribution >= 0.6 is 35.3 Å². The topological polar surface area (TPSA) is 67.8 Å². The van der Waals surface area contributed by atoms with Gasteiger partial charge in [0.1, 0.15) is 0 Å². The zero-order chi connectivity index (χ0) is 17.0. The van der Waals surface area contributed by atoms with Crippen LogP contribution in [-0.2, 0) is 22.4 Å². The van der Waals surface area contributed by atoms with E-state index in [1.54, 1.807) is 11.3 Å². The highest BCUT2D eigenvalue weighted by atomic mass is 127. The van der Waals surface area contributed by atoms with Gasteiger partial charge in [-0.3, -0.25) is 0 Å². The third-order valence-corrected chi connectivity index (χ3v) is 4.77. The van der Waals surface area contributed by atoms with Crippen molar-refractivity contribution in [2.75, 3.05) is 32.9 Å². The molecule has 1 aromatic heterocycles. The molecule has 1 aliphatic heterocycles. The number of nitrogens with one attached hydrogen (secondary N) is 2. The van der Waals surface area contributed by atoms with E-state index in [0.29, 0.717) is 12.6 Å². The van der Waals surface area contributed by atoms with Crippen molar-refractivity contribution in [3.05, 3.63) is 16.1 Å². The van der Waals surface area contributed by atoms with Gasteiger partial charge in [-0.15, -0.1) is 35.3 Å². The second-order valence-electron chi connectivity index (χ2n) is 5.77. The molecule has 1 fully saturated rings. The molecule has 0 saturated carbocycles. The third kappa shape index (κ3) is 9.16. The Morgan fingerprint density at radius 3 is 3.00 bits per heavy atom. The van der Waals surface area contributed by atoms with E-state index in [1.807, 2.05) is 0 Å². The molecule has 1 unspecified atom stereocenters. The van der Waals surface area contributed by atoms with Crippen molar-refractivity contribution >= 4 is 41.3 Å². The minimum atomic E-state index is 0. The fourth-order valence-corrected chi connectivity index (χ4v) is 3.19. The molecule has 1 aromatic rings. The predicted octanol–water partition coefficient (Wildman–Crippen LogP) is 2.96. The van der Waals surface area contributed by atoms with Gasteiger partial charge in [0.2, 0.25) is 0 Å². The minimum Gasteiger partial charge on any atom is -0.379 e. The lowest BCUT2D eigenvalue weighted by Crippen LogP contribution is -2.38. The zero-order valence-electron chi connectivity index (χ0n) is 15.3. The van der Waals surface area contributed by atoms with E-state index < -0.39 is 0 Å². The fourth-order valence-electron chi connectivity index (χ4n) is 2.46. The molecule has 1 saturated heterocycles. The van der Waals surface area contributed by atoms with Gasteiger partial charge in [-0.25, -0.2) is 9.98 Å². The van der Waals surface area contributed by atoms with E-state index >= 15 is 0 Å². The summed E-state index contributed by atoms with van der Waals surface area (Å²) in [7, 11) is 0. The van der Waals surface area contributed by atoms with Gasteiger partial charge in [0, 0.05) is 31.7 Å². The summed E-state index contributed by atoms with van der Waals surface area (Å²) < 4.78 is 11.2. The second-order valence-corrected chi connectivity index (χ2v) is 6.71. The van der Waals surface area contributed by atoms with Crippen molar-refractivity contribution in [1.82, 2.24) is 15.6 Å². The summed E-state index contributed by atoms with van der Waals surface area (Å²) in [6, 6.07) is 0. The lowest BCUT2D eigenvalue weighted by Gasteiger charge is -2.12. The number of aromatic nitrogens is 1. The average molecular weight is 482 g/mol. The Labute approximate surface area is 172 Å². The number of hydrogen-bond donors (Lipinski definition) is 2.